The molecular formula is C15H21NO4S. The highest BCUT2D eigenvalue weighted by Crippen LogP contribution is 2.29. The van der Waals surface area contributed by atoms with Crippen LogP contribution in [0.5, 0.6) is 0 Å². The molecule has 0 spiro atoms. The molecule has 21 heavy (non-hydrogen) atoms. The SMILES string of the molecule is COC(=O)C1CCN(S(=O)(=O)c2c(C)cc(C)cc2C)C1. The average molecular weight is 311 g/mol. The number of sulfonamides is 1. The summed E-state index contributed by atoms with van der Waals surface area (Å²) < 4.78 is 31.7. The summed E-state index contributed by atoms with van der Waals surface area (Å²) in [4.78, 5) is 11.9. The van der Waals surface area contributed by atoms with Gasteiger partial charge in [0.25, 0.3) is 0 Å². The first-order valence-electron chi connectivity index (χ1n) is 6.93. The van der Waals surface area contributed by atoms with Gasteiger partial charge < -0.3 is 4.74 Å². The lowest BCUT2D eigenvalue weighted by Crippen LogP contribution is -2.31. The third-order valence-electron chi connectivity index (χ3n) is 3.89. The third-order valence-corrected chi connectivity index (χ3v) is 6.06. The van der Waals surface area contributed by atoms with E-state index in [9.17, 15) is 13.2 Å². The highest BCUT2D eigenvalue weighted by Gasteiger charge is 2.37. The van der Waals surface area contributed by atoms with Crippen LogP contribution in [0.2, 0.25) is 0 Å². The van der Waals surface area contributed by atoms with Gasteiger partial charge in [0.05, 0.1) is 17.9 Å². The number of methoxy groups -OCH3 is 1. The molecule has 5 nitrogen and oxygen atoms in total. The van der Waals surface area contributed by atoms with Gasteiger partial charge in [-0.05, 0) is 38.3 Å². The van der Waals surface area contributed by atoms with Gasteiger partial charge in [-0.3, -0.25) is 4.79 Å². The lowest BCUT2D eigenvalue weighted by atomic mass is 10.1. The van der Waals surface area contributed by atoms with E-state index in [2.05, 4.69) is 0 Å². The zero-order chi connectivity index (χ0) is 15.8. The zero-order valence-electron chi connectivity index (χ0n) is 12.8. The fraction of sp³-hybridized carbons (Fsp3) is 0.533. The molecule has 0 bridgehead atoms. The van der Waals surface area contributed by atoms with Crippen LogP contribution in [-0.2, 0) is 19.6 Å². The van der Waals surface area contributed by atoms with Crippen LogP contribution in [0, 0.1) is 26.7 Å². The molecule has 6 heteroatoms. The molecule has 1 fully saturated rings. The van der Waals surface area contributed by atoms with E-state index >= 15 is 0 Å². The first kappa shape index (κ1) is 16.0. The molecule has 0 aliphatic carbocycles. The summed E-state index contributed by atoms with van der Waals surface area (Å²) in [5.41, 5.74) is 2.53. The Morgan fingerprint density at radius 2 is 1.81 bits per heavy atom. The van der Waals surface area contributed by atoms with E-state index < -0.39 is 10.0 Å². The van der Waals surface area contributed by atoms with Crippen molar-refractivity contribution in [2.45, 2.75) is 32.1 Å². The Morgan fingerprint density at radius 1 is 1.24 bits per heavy atom. The van der Waals surface area contributed by atoms with Gasteiger partial charge in [-0.25, -0.2) is 8.42 Å². The topological polar surface area (TPSA) is 63.7 Å². The summed E-state index contributed by atoms with van der Waals surface area (Å²) in [6, 6.07) is 3.74. The van der Waals surface area contributed by atoms with Crippen molar-refractivity contribution in [1.82, 2.24) is 4.31 Å². The molecule has 0 amide bonds. The van der Waals surface area contributed by atoms with Gasteiger partial charge in [0, 0.05) is 13.1 Å². The van der Waals surface area contributed by atoms with Crippen LogP contribution >= 0.6 is 0 Å². The highest BCUT2D eigenvalue weighted by atomic mass is 32.2. The van der Waals surface area contributed by atoms with E-state index in [1.54, 1.807) is 13.8 Å². The van der Waals surface area contributed by atoms with Gasteiger partial charge >= 0.3 is 5.97 Å². The molecular weight excluding hydrogens is 290 g/mol. The number of hydrogen-bond acceptors (Lipinski definition) is 4. The van der Waals surface area contributed by atoms with Crippen molar-refractivity contribution in [3.05, 3.63) is 28.8 Å². The highest BCUT2D eigenvalue weighted by molar-refractivity contribution is 7.89. The second kappa shape index (κ2) is 5.77. The normalized spacial score (nSPS) is 19.7. The summed E-state index contributed by atoms with van der Waals surface area (Å²) in [7, 11) is -2.24. The average Bonchev–Trinajstić information content (AvgIpc) is 2.86. The lowest BCUT2D eigenvalue weighted by molar-refractivity contribution is -0.144. The maximum Gasteiger partial charge on any atom is 0.310 e. The van der Waals surface area contributed by atoms with Crippen molar-refractivity contribution in [2.24, 2.45) is 5.92 Å². The van der Waals surface area contributed by atoms with Crippen LogP contribution in [0.4, 0.5) is 0 Å². The molecule has 0 saturated carbocycles. The molecule has 1 aromatic rings. The number of nitrogens with zero attached hydrogens (tertiary/aromatic N) is 1. The summed E-state index contributed by atoms with van der Waals surface area (Å²) in [6.45, 7) is 6.11. The zero-order valence-corrected chi connectivity index (χ0v) is 13.7. The van der Waals surface area contributed by atoms with E-state index in [0.717, 1.165) is 16.7 Å². The van der Waals surface area contributed by atoms with Crippen molar-refractivity contribution in [3.63, 3.8) is 0 Å². The molecule has 1 aliphatic heterocycles. The number of benzene rings is 1. The Kier molecular flexibility index (Phi) is 4.39. The van der Waals surface area contributed by atoms with Gasteiger partial charge in [0.15, 0.2) is 0 Å². The van der Waals surface area contributed by atoms with Crippen molar-refractivity contribution in [2.75, 3.05) is 20.2 Å². The predicted molar refractivity (Wildman–Crippen MR) is 79.5 cm³/mol. The molecule has 0 N–H and O–H groups in total. The van der Waals surface area contributed by atoms with Crippen LogP contribution < -0.4 is 0 Å². The standard InChI is InChI=1S/C15H21NO4S/c1-10-7-11(2)14(12(3)8-10)21(18,19)16-6-5-13(9-16)15(17)20-4/h7-8,13H,5-6,9H2,1-4H3. The quantitative estimate of drug-likeness (QED) is 0.799. The smallest absolute Gasteiger partial charge is 0.310 e. The van der Waals surface area contributed by atoms with Gasteiger partial charge in [-0.15, -0.1) is 0 Å². The number of ether oxygens (including phenoxy) is 1. The Labute approximate surface area is 126 Å². The molecule has 1 atom stereocenters. The molecule has 0 aromatic heterocycles. The largest absolute Gasteiger partial charge is 0.469 e. The fourth-order valence-corrected chi connectivity index (χ4v) is 4.92. The number of esters is 1. The Hall–Kier alpha value is -1.40. The fourth-order valence-electron chi connectivity index (χ4n) is 3.01. The molecule has 2 rings (SSSR count). The minimum Gasteiger partial charge on any atom is -0.469 e. The molecule has 1 saturated heterocycles. The molecule has 1 heterocycles. The van der Waals surface area contributed by atoms with Crippen molar-refractivity contribution in [3.8, 4) is 0 Å². The van der Waals surface area contributed by atoms with Gasteiger partial charge in [0.2, 0.25) is 10.0 Å². The Morgan fingerprint density at radius 3 is 2.33 bits per heavy atom. The van der Waals surface area contributed by atoms with Crippen LogP contribution in [-0.4, -0.2) is 38.9 Å². The minimum absolute atomic E-state index is 0.196. The number of carbonyl (C=O) groups excluding carboxylic acids is 1. The molecule has 1 aromatic carbocycles. The minimum atomic E-state index is -3.57. The van der Waals surface area contributed by atoms with Crippen molar-refractivity contribution in [1.29, 1.82) is 0 Å². The van der Waals surface area contributed by atoms with Gasteiger partial charge in [-0.1, -0.05) is 17.7 Å². The third kappa shape index (κ3) is 2.96. The second-order valence-corrected chi connectivity index (χ2v) is 7.47. The van der Waals surface area contributed by atoms with E-state index in [0.29, 0.717) is 17.9 Å². The second-order valence-electron chi connectivity index (χ2n) is 5.60. The van der Waals surface area contributed by atoms with E-state index in [4.69, 9.17) is 4.74 Å². The summed E-state index contributed by atoms with van der Waals surface area (Å²) >= 11 is 0. The summed E-state index contributed by atoms with van der Waals surface area (Å²) in [5, 5.41) is 0. The first-order chi connectivity index (χ1) is 9.77. The first-order valence-corrected chi connectivity index (χ1v) is 8.37. The van der Waals surface area contributed by atoms with Crippen molar-refractivity contribution >= 4 is 16.0 Å². The van der Waals surface area contributed by atoms with Gasteiger partial charge in [0.1, 0.15) is 0 Å². The number of rotatable bonds is 3. The van der Waals surface area contributed by atoms with E-state index in [1.165, 1.54) is 11.4 Å². The number of aryl methyl sites for hydroxylation is 3. The molecule has 1 aliphatic rings. The van der Waals surface area contributed by atoms with Crippen LogP contribution in [0.25, 0.3) is 0 Å². The summed E-state index contributed by atoms with van der Waals surface area (Å²) in [6.07, 6.45) is 0.510. The summed E-state index contributed by atoms with van der Waals surface area (Å²) in [5.74, 6) is -0.708. The van der Waals surface area contributed by atoms with Crippen LogP contribution in [0.15, 0.2) is 17.0 Å². The van der Waals surface area contributed by atoms with Gasteiger partial charge in [-0.2, -0.15) is 4.31 Å². The number of hydrogen-bond donors (Lipinski definition) is 0. The maximum atomic E-state index is 12.8. The van der Waals surface area contributed by atoms with Crippen LogP contribution in [0.1, 0.15) is 23.1 Å². The van der Waals surface area contributed by atoms with Crippen molar-refractivity contribution < 1.29 is 17.9 Å². The Bertz CT molecular complexity index is 643. The van der Waals surface area contributed by atoms with E-state index in [1.807, 2.05) is 19.1 Å². The maximum absolute atomic E-state index is 12.8. The van der Waals surface area contributed by atoms with E-state index in [-0.39, 0.29) is 18.4 Å². The molecule has 1 unspecified atom stereocenters. The Balaban J connectivity index is 2.34. The predicted octanol–water partition coefficient (Wildman–Crippen LogP) is 1.80. The molecule has 0 radical (unpaired) electrons. The monoisotopic (exact) mass is 311 g/mol. The van der Waals surface area contributed by atoms with Crippen LogP contribution in [0.3, 0.4) is 0 Å². The lowest BCUT2D eigenvalue weighted by Gasteiger charge is -2.20. The number of carbonyl (C=O) groups is 1. The molecule has 116 valence electrons.